The van der Waals surface area contributed by atoms with Crippen molar-refractivity contribution >= 4 is 57.3 Å². The molecule has 0 radical (unpaired) electrons. The van der Waals surface area contributed by atoms with Gasteiger partial charge in [0, 0.05) is 28.9 Å². The summed E-state index contributed by atoms with van der Waals surface area (Å²) in [7, 11) is 0. The number of aliphatic imine (C=N–C) groups is 1. The highest BCUT2D eigenvalue weighted by Gasteiger charge is 2.18. The molecule has 7 nitrogen and oxygen atoms in total. The monoisotopic (exact) mass is 384 g/mol. The Morgan fingerprint density at radius 3 is 3.00 bits per heavy atom. The van der Waals surface area contributed by atoms with Crippen molar-refractivity contribution in [2.75, 3.05) is 5.32 Å². The number of rotatable bonds is 4. The molecule has 0 saturated heterocycles. The molecule has 0 bridgehead atoms. The highest BCUT2D eigenvalue weighted by atomic mass is 32.1. The number of carbonyl (C=O) groups is 1. The van der Waals surface area contributed by atoms with Crippen LogP contribution in [0.1, 0.15) is 10.4 Å². The summed E-state index contributed by atoms with van der Waals surface area (Å²) in [5, 5.41) is 15.1. The lowest BCUT2D eigenvalue weighted by Gasteiger charge is -2.04. The minimum Gasteiger partial charge on any atom is -0.493 e. The van der Waals surface area contributed by atoms with Gasteiger partial charge in [0.25, 0.3) is 0 Å². The Bertz CT molecular complexity index is 1090. The molecule has 1 aliphatic rings. The van der Waals surface area contributed by atoms with Crippen molar-refractivity contribution < 1.29 is 9.90 Å². The van der Waals surface area contributed by atoms with E-state index in [1.54, 1.807) is 23.9 Å². The second-order valence-electron chi connectivity index (χ2n) is 5.40. The molecule has 3 aromatic rings. The molecule has 1 aromatic carbocycles. The van der Waals surface area contributed by atoms with Gasteiger partial charge < -0.3 is 10.4 Å². The van der Waals surface area contributed by atoms with Gasteiger partial charge in [-0.3, -0.25) is 19.1 Å². The number of para-hydroxylation sites is 1. The van der Waals surface area contributed by atoms with Crippen LogP contribution in [0.15, 0.2) is 45.6 Å². The number of aromatic nitrogens is 2. The lowest BCUT2D eigenvalue weighted by atomic mass is 10.1. The predicted molar refractivity (Wildman–Crippen MR) is 103 cm³/mol. The van der Waals surface area contributed by atoms with Crippen LogP contribution in [0.3, 0.4) is 0 Å². The van der Waals surface area contributed by atoms with Gasteiger partial charge in [0.1, 0.15) is 6.54 Å². The SMILES string of the molecule is O=C(Cn1c(O)c(/C=C2/C=Nc3ccccc32)sc1=O)Nc1nccs1. The van der Waals surface area contributed by atoms with E-state index in [-0.39, 0.29) is 12.4 Å². The molecule has 26 heavy (non-hydrogen) atoms. The van der Waals surface area contributed by atoms with Crippen molar-refractivity contribution in [2.45, 2.75) is 6.54 Å². The largest absolute Gasteiger partial charge is 0.493 e. The van der Waals surface area contributed by atoms with Gasteiger partial charge in [-0.15, -0.1) is 11.3 Å². The number of nitrogens with one attached hydrogen (secondary N) is 1. The van der Waals surface area contributed by atoms with Crippen LogP contribution in [-0.2, 0) is 11.3 Å². The first-order chi connectivity index (χ1) is 12.6. The van der Waals surface area contributed by atoms with E-state index in [0.29, 0.717) is 10.0 Å². The van der Waals surface area contributed by atoms with Gasteiger partial charge in [-0.25, -0.2) is 4.98 Å². The number of nitrogens with zero attached hydrogens (tertiary/aromatic N) is 3. The standard InChI is InChI=1S/C17H12N4O3S2/c22-14(20-16-18-5-6-25-16)9-21-15(23)13(26-17(21)24)7-10-8-19-12-4-2-1-3-11(10)12/h1-8,23H,9H2,(H,18,20,22)/b10-7-. The molecule has 2 aromatic heterocycles. The Labute approximate surface area is 155 Å². The number of allylic oxidation sites excluding steroid dienone is 1. The molecule has 0 aliphatic carbocycles. The molecular formula is C17H12N4O3S2. The fourth-order valence-corrected chi connectivity index (χ4v) is 3.91. The molecular weight excluding hydrogens is 372 g/mol. The minimum atomic E-state index is -0.429. The van der Waals surface area contributed by atoms with Crippen LogP contribution in [-0.4, -0.2) is 26.8 Å². The first-order valence-corrected chi connectivity index (χ1v) is 9.28. The quantitative estimate of drug-likeness (QED) is 0.723. The van der Waals surface area contributed by atoms with Crippen molar-refractivity contribution in [1.82, 2.24) is 9.55 Å². The minimum absolute atomic E-state index is 0.237. The Balaban J connectivity index is 1.60. The van der Waals surface area contributed by atoms with Crippen LogP contribution in [0.2, 0.25) is 0 Å². The highest BCUT2D eigenvalue weighted by Crippen LogP contribution is 2.34. The van der Waals surface area contributed by atoms with Gasteiger partial charge in [0.2, 0.25) is 11.8 Å². The zero-order valence-corrected chi connectivity index (χ0v) is 14.9. The smallest absolute Gasteiger partial charge is 0.311 e. The van der Waals surface area contributed by atoms with Crippen molar-refractivity contribution in [1.29, 1.82) is 0 Å². The number of hydrogen-bond acceptors (Lipinski definition) is 7. The maximum absolute atomic E-state index is 12.2. The normalized spacial score (nSPS) is 13.9. The van der Waals surface area contributed by atoms with Gasteiger partial charge in [-0.1, -0.05) is 29.5 Å². The number of hydrogen-bond donors (Lipinski definition) is 2. The molecule has 0 saturated carbocycles. The Morgan fingerprint density at radius 2 is 2.19 bits per heavy atom. The van der Waals surface area contributed by atoms with Crippen molar-refractivity contribution in [2.24, 2.45) is 4.99 Å². The van der Waals surface area contributed by atoms with Gasteiger partial charge in [0.05, 0.1) is 10.6 Å². The van der Waals surface area contributed by atoms with Crippen LogP contribution < -0.4 is 10.2 Å². The van der Waals surface area contributed by atoms with E-state index in [4.69, 9.17) is 0 Å². The predicted octanol–water partition coefficient (Wildman–Crippen LogP) is 2.97. The molecule has 0 spiro atoms. The zero-order chi connectivity index (χ0) is 18.1. The van der Waals surface area contributed by atoms with Crippen LogP contribution >= 0.6 is 22.7 Å². The molecule has 3 heterocycles. The third-order valence-electron chi connectivity index (χ3n) is 3.72. The van der Waals surface area contributed by atoms with Crippen molar-refractivity contribution in [3.8, 4) is 5.88 Å². The summed E-state index contributed by atoms with van der Waals surface area (Å²) in [5.41, 5.74) is 2.57. The maximum Gasteiger partial charge on any atom is 0.311 e. The molecule has 1 amide bonds. The maximum atomic E-state index is 12.2. The van der Waals surface area contributed by atoms with Gasteiger partial charge in [-0.05, 0) is 12.1 Å². The Morgan fingerprint density at radius 1 is 1.35 bits per heavy atom. The van der Waals surface area contributed by atoms with Gasteiger partial charge in [0.15, 0.2) is 5.13 Å². The number of thiazole rings is 2. The molecule has 2 N–H and O–H groups in total. The highest BCUT2D eigenvalue weighted by molar-refractivity contribution is 7.13. The molecule has 4 rings (SSSR count). The van der Waals surface area contributed by atoms with E-state index in [1.165, 1.54) is 11.3 Å². The Hall–Kier alpha value is -3.04. The van der Waals surface area contributed by atoms with Gasteiger partial charge in [-0.2, -0.15) is 0 Å². The van der Waals surface area contributed by atoms with Gasteiger partial charge >= 0.3 is 4.87 Å². The summed E-state index contributed by atoms with van der Waals surface area (Å²) >= 11 is 2.15. The summed E-state index contributed by atoms with van der Waals surface area (Å²) in [4.78, 5) is 32.5. The second kappa shape index (κ2) is 6.70. The topological polar surface area (TPSA) is 96.6 Å². The lowest BCUT2D eigenvalue weighted by Crippen LogP contribution is -2.23. The fourth-order valence-electron chi connectivity index (χ4n) is 2.53. The Kier molecular flexibility index (Phi) is 4.23. The first-order valence-electron chi connectivity index (χ1n) is 7.59. The number of amides is 1. The van der Waals surface area contributed by atoms with E-state index in [0.717, 1.165) is 32.7 Å². The second-order valence-corrected chi connectivity index (χ2v) is 7.29. The molecule has 130 valence electrons. The van der Waals surface area contributed by atoms with E-state index in [1.807, 2.05) is 24.3 Å². The summed E-state index contributed by atoms with van der Waals surface area (Å²) < 4.78 is 1.04. The summed E-state index contributed by atoms with van der Waals surface area (Å²) in [6, 6.07) is 7.61. The van der Waals surface area contributed by atoms with E-state index < -0.39 is 10.8 Å². The fraction of sp³-hybridized carbons (Fsp3) is 0.0588. The zero-order valence-electron chi connectivity index (χ0n) is 13.2. The van der Waals surface area contributed by atoms with Crippen molar-refractivity contribution in [3.05, 3.63) is 56.0 Å². The van der Waals surface area contributed by atoms with Crippen LogP contribution in [0.25, 0.3) is 11.6 Å². The summed E-state index contributed by atoms with van der Waals surface area (Å²) in [6.45, 7) is -0.283. The van der Waals surface area contributed by atoms with Crippen LogP contribution in [0, 0.1) is 0 Å². The van der Waals surface area contributed by atoms with E-state index in [2.05, 4.69) is 15.3 Å². The number of carbonyl (C=O) groups excluding carboxylic acids is 1. The summed E-state index contributed by atoms with van der Waals surface area (Å²) in [6.07, 6.45) is 4.96. The molecule has 1 aliphatic heterocycles. The number of anilines is 1. The van der Waals surface area contributed by atoms with Crippen LogP contribution in [0.5, 0.6) is 5.88 Å². The lowest BCUT2D eigenvalue weighted by molar-refractivity contribution is -0.116. The molecule has 0 fully saturated rings. The summed E-state index contributed by atoms with van der Waals surface area (Å²) in [5.74, 6) is -0.665. The average molecular weight is 384 g/mol. The number of benzene rings is 1. The average Bonchev–Trinajstić information content (AvgIpc) is 3.33. The number of fused-ring (bicyclic) bond motifs is 1. The first kappa shape index (κ1) is 16.4. The number of aromatic hydroxyl groups is 1. The van der Waals surface area contributed by atoms with Crippen molar-refractivity contribution in [3.63, 3.8) is 0 Å². The molecule has 9 heteroatoms. The van der Waals surface area contributed by atoms with Crippen LogP contribution in [0.4, 0.5) is 10.8 Å². The third-order valence-corrected chi connectivity index (χ3v) is 5.32. The third kappa shape index (κ3) is 3.09. The molecule has 0 unspecified atom stereocenters. The van der Waals surface area contributed by atoms with E-state index >= 15 is 0 Å². The molecule has 0 atom stereocenters. The van der Waals surface area contributed by atoms with E-state index in [9.17, 15) is 14.7 Å².